The van der Waals surface area contributed by atoms with Crippen LogP contribution < -0.4 is 15.5 Å². The second-order valence-electron chi connectivity index (χ2n) is 7.50. The molecule has 1 aromatic heterocycles. The van der Waals surface area contributed by atoms with E-state index in [-0.39, 0.29) is 22.5 Å². The molecule has 0 aliphatic carbocycles. The van der Waals surface area contributed by atoms with E-state index < -0.39 is 11.7 Å². The van der Waals surface area contributed by atoms with Crippen molar-refractivity contribution in [3.63, 3.8) is 0 Å². The quantitative estimate of drug-likeness (QED) is 0.475. The largest absolute Gasteiger partial charge is 0.496 e. The van der Waals surface area contributed by atoms with Crippen molar-refractivity contribution in [1.29, 1.82) is 0 Å². The maximum atomic E-state index is 13.6. The van der Waals surface area contributed by atoms with E-state index in [1.54, 1.807) is 43.3 Å². The second-order valence-corrected chi connectivity index (χ2v) is 7.50. The Balaban J connectivity index is 2.01. The molecule has 0 atom stereocenters. The molecule has 166 valence electrons. The lowest BCUT2D eigenvalue weighted by molar-refractivity contribution is 0.102. The van der Waals surface area contributed by atoms with Crippen LogP contribution in [0.4, 0.5) is 10.2 Å². The number of para-hydroxylation sites is 1. The Morgan fingerprint density at radius 1 is 0.970 bits per heavy atom. The summed E-state index contributed by atoms with van der Waals surface area (Å²) >= 11 is 0. The zero-order valence-electron chi connectivity index (χ0n) is 18.4. The Morgan fingerprint density at radius 3 is 2.33 bits per heavy atom. The fraction of sp³-hybridized carbons (Fsp3) is 0.115. The first-order valence-electron chi connectivity index (χ1n) is 10.3. The van der Waals surface area contributed by atoms with Gasteiger partial charge in [-0.3, -0.25) is 9.59 Å². The van der Waals surface area contributed by atoms with Crippen LogP contribution in [0.5, 0.6) is 5.75 Å². The fourth-order valence-corrected chi connectivity index (χ4v) is 3.63. The van der Waals surface area contributed by atoms with Gasteiger partial charge < -0.3 is 10.1 Å². The van der Waals surface area contributed by atoms with Crippen molar-refractivity contribution < 1.29 is 13.9 Å². The molecule has 1 N–H and O–H groups in total. The molecular formula is C26H22FN3O3. The van der Waals surface area contributed by atoms with Crippen molar-refractivity contribution in [1.82, 2.24) is 9.78 Å². The van der Waals surface area contributed by atoms with Gasteiger partial charge in [0.2, 0.25) is 5.43 Å². The van der Waals surface area contributed by atoms with Crippen LogP contribution in [-0.4, -0.2) is 22.8 Å². The van der Waals surface area contributed by atoms with Crippen LogP contribution in [0.25, 0.3) is 16.8 Å². The Labute approximate surface area is 190 Å². The van der Waals surface area contributed by atoms with E-state index in [0.717, 1.165) is 5.56 Å². The third-order valence-corrected chi connectivity index (χ3v) is 5.32. The summed E-state index contributed by atoms with van der Waals surface area (Å²) in [6, 6.07) is 19.8. The van der Waals surface area contributed by atoms with Gasteiger partial charge in [-0.05, 0) is 55.8 Å². The summed E-state index contributed by atoms with van der Waals surface area (Å²) in [4.78, 5) is 26.6. The maximum absolute atomic E-state index is 13.6. The minimum Gasteiger partial charge on any atom is -0.496 e. The summed E-state index contributed by atoms with van der Waals surface area (Å²) in [7, 11) is 1.51. The predicted molar refractivity (Wildman–Crippen MR) is 126 cm³/mol. The summed E-state index contributed by atoms with van der Waals surface area (Å²) in [5.74, 6) is -0.177. The molecule has 0 spiro atoms. The lowest BCUT2D eigenvalue weighted by Gasteiger charge is -2.19. The Kier molecular flexibility index (Phi) is 6.04. The average molecular weight is 443 g/mol. The standard InChI is InChI=1S/C26H22FN3O3/c1-16-8-4-5-9-20(16)26(32)28-25-23(21-10-6-7-11-22(21)33-3)24(31)17(2)29-30(25)19-14-12-18(27)13-15-19/h4-15H,1-3H3,(H,28,32). The van der Waals surface area contributed by atoms with Crippen LogP contribution in [-0.2, 0) is 0 Å². The van der Waals surface area contributed by atoms with E-state index >= 15 is 0 Å². The molecule has 0 bridgehead atoms. The Morgan fingerprint density at radius 2 is 1.64 bits per heavy atom. The summed E-state index contributed by atoms with van der Waals surface area (Å²) in [6.45, 7) is 3.42. The van der Waals surface area contributed by atoms with Gasteiger partial charge in [-0.25, -0.2) is 9.07 Å². The van der Waals surface area contributed by atoms with E-state index in [1.165, 1.54) is 36.1 Å². The van der Waals surface area contributed by atoms with Crippen LogP contribution in [0, 0.1) is 19.7 Å². The first-order chi connectivity index (χ1) is 15.9. The third kappa shape index (κ3) is 4.25. The lowest BCUT2D eigenvalue weighted by Crippen LogP contribution is -2.25. The molecule has 0 saturated carbocycles. The predicted octanol–water partition coefficient (Wildman–Crippen LogP) is 4.92. The van der Waals surface area contributed by atoms with E-state index in [2.05, 4.69) is 10.4 Å². The number of aromatic nitrogens is 2. The number of hydrogen-bond donors (Lipinski definition) is 1. The molecule has 0 aliphatic rings. The zero-order valence-corrected chi connectivity index (χ0v) is 18.4. The number of carbonyl (C=O) groups excluding carboxylic acids is 1. The molecule has 0 unspecified atom stereocenters. The molecule has 1 amide bonds. The van der Waals surface area contributed by atoms with Gasteiger partial charge in [-0.15, -0.1) is 0 Å². The number of nitrogens with one attached hydrogen (secondary N) is 1. The van der Waals surface area contributed by atoms with Crippen LogP contribution in [0.3, 0.4) is 0 Å². The Hall–Kier alpha value is -4.26. The summed E-state index contributed by atoms with van der Waals surface area (Å²) in [5, 5.41) is 7.29. The van der Waals surface area contributed by atoms with Gasteiger partial charge in [-0.2, -0.15) is 5.10 Å². The first-order valence-corrected chi connectivity index (χ1v) is 10.3. The van der Waals surface area contributed by atoms with Crippen molar-refractivity contribution in [3.8, 4) is 22.6 Å². The molecule has 1 heterocycles. The molecule has 0 aliphatic heterocycles. The van der Waals surface area contributed by atoms with Crippen molar-refractivity contribution >= 4 is 11.7 Å². The highest BCUT2D eigenvalue weighted by Gasteiger charge is 2.23. The molecule has 0 fully saturated rings. The van der Waals surface area contributed by atoms with Gasteiger partial charge in [-0.1, -0.05) is 36.4 Å². The molecule has 33 heavy (non-hydrogen) atoms. The minimum absolute atomic E-state index is 0.162. The topological polar surface area (TPSA) is 73.2 Å². The van der Waals surface area contributed by atoms with Gasteiger partial charge >= 0.3 is 0 Å². The van der Waals surface area contributed by atoms with Crippen molar-refractivity contribution in [2.24, 2.45) is 0 Å². The highest BCUT2D eigenvalue weighted by molar-refractivity contribution is 6.06. The average Bonchev–Trinajstić information content (AvgIpc) is 2.82. The van der Waals surface area contributed by atoms with Gasteiger partial charge in [0.05, 0.1) is 18.4 Å². The van der Waals surface area contributed by atoms with Crippen molar-refractivity contribution in [3.05, 3.63) is 106 Å². The van der Waals surface area contributed by atoms with E-state index in [1.807, 2.05) is 19.1 Å². The second kappa shape index (κ2) is 9.08. The number of carbonyl (C=O) groups is 1. The van der Waals surface area contributed by atoms with Crippen LogP contribution in [0.15, 0.2) is 77.6 Å². The summed E-state index contributed by atoms with van der Waals surface area (Å²) in [6.07, 6.45) is 0. The summed E-state index contributed by atoms with van der Waals surface area (Å²) in [5.41, 5.74) is 2.33. The molecule has 0 radical (unpaired) electrons. The first kappa shape index (κ1) is 22.0. The van der Waals surface area contributed by atoms with Gasteiger partial charge in [0.1, 0.15) is 23.1 Å². The number of nitrogens with zero attached hydrogens (tertiary/aromatic N) is 2. The molecule has 6 nitrogen and oxygen atoms in total. The van der Waals surface area contributed by atoms with E-state index in [4.69, 9.17) is 4.74 Å². The molecule has 4 aromatic rings. The number of aryl methyl sites for hydroxylation is 2. The minimum atomic E-state index is -0.410. The van der Waals surface area contributed by atoms with E-state index in [0.29, 0.717) is 22.6 Å². The molecular weight excluding hydrogens is 421 g/mol. The van der Waals surface area contributed by atoms with Crippen LogP contribution in [0.2, 0.25) is 0 Å². The number of anilines is 1. The number of hydrogen-bond acceptors (Lipinski definition) is 4. The molecule has 3 aromatic carbocycles. The maximum Gasteiger partial charge on any atom is 0.257 e. The molecule has 4 rings (SSSR count). The van der Waals surface area contributed by atoms with Crippen molar-refractivity contribution in [2.45, 2.75) is 13.8 Å². The number of ether oxygens (including phenoxy) is 1. The summed E-state index contributed by atoms with van der Waals surface area (Å²) < 4.78 is 20.5. The zero-order chi connectivity index (χ0) is 23.5. The molecule has 7 heteroatoms. The SMILES string of the molecule is COc1ccccc1-c1c(NC(=O)c2ccccc2C)n(-c2ccc(F)cc2)nc(C)c1=O. The smallest absolute Gasteiger partial charge is 0.257 e. The lowest BCUT2D eigenvalue weighted by atomic mass is 10.0. The highest BCUT2D eigenvalue weighted by Crippen LogP contribution is 2.34. The van der Waals surface area contributed by atoms with Crippen molar-refractivity contribution in [2.75, 3.05) is 12.4 Å². The fourth-order valence-electron chi connectivity index (χ4n) is 3.63. The third-order valence-electron chi connectivity index (χ3n) is 5.32. The van der Waals surface area contributed by atoms with Gasteiger partial charge in [0, 0.05) is 11.1 Å². The normalized spacial score (nSPS) is 10.7. The number of methoxy groups -OCH3 is 1. The monoisotopic (exact) mass is 443 g/mol. The van der Waals surface area contributed by atoms with Gasteiger partial charge in [0.15, 0.2) is 0 Å². The Bertz CT molecular complexity index is 1400. The number of benzene rings is 3. The van der Waals surface area contributed by atoms with Gasteiger partial charge in [0.25, 0.3) is 5.91 Å². The van der Waals surface area contributed by atoms with Crippen LogP contribution in [0.1, 0.15) is 21.6 Å². The van der Waals surface area contributed by atoms with Crippen LogP contribution >= 0.6 is 0 Å². The number of amides is 1. The molecule has 0 saturated heterocycles. The number of halogens is 1. The number of rotatable bonds is 5. The highest BCUT2D eigenvalue weighted by atomic mass is 19.1. The van der Waals surface area contributed by atoms with E-state index in [9.17, 15) is 14.0 Å².